The first-order chi connectivity index (χ1) is 16.5. The zero-order valence-electron chi connectivity index (χ0n) is 18.5. The van der Waals surface area contributed by atoms with Crippen molar-refractivity contribution in [3.05, 3.63) is 10.4 Å². The van der Waals surface area contributed by atoms with E-state index in [4.69, 9.17) is 20.6 Å². The molecule has 0 radical (unpaired) electrons. The molecule has 35 heavy (non-hydrogen) atoms. The van der Waals surface area contributed by atoms with Gasteiger partial charge >= 0.3 is 12.1 Å². The van der Waals surface area contributed by atoms with Crippen LogP contribution in [0, 0.1) is 11.8 Å². The van der Waals surface area contributed by atoms with Gasteiger partial charge in [-0.2, -0.15) is 18.2 Å². The summed E-state index contributed by atoms with van der Waals surface area (Å²) in [6.07, 6.45) is -5.08. The third-order valence-electron chi connectivity index (χ3n) is 4.58. The molecule has 17 heteroatoms. The summed E-state index contributed by atoms with van der Waals surface area (Å²) in [6.45, 7) is 5.54. The van der Waals surface area contributed by atoms with Gasteiger partial charge in [-0.1, -0.05) is 17.3 Å². The van der Waals surface area contributed by atoms with E-state index in [2.05, 4.69) is 37.2 Å². The largest absolute Gasteiger partial charge is 0.490 e. The Bertz CT molecular complexity index is 1330. The fraction of sp³-hybridized carbons (Fsp3) is 0.444. The Balaban J connectivity index is 0.000000429. The smallest absolute Gasteiger partial charge is 0.475 e. The lowest BCUT2D eigenvalue weighted by Gasteiger charge is -2.28. The molecule has 3 aromatic heterocycles. The van der Waals surface area contributed by atoms with Gasteiger partial charge in [0, 0.05) is 33.2 Å². The van der Waals surface area contributed by atoms with Gasteiger partial charge in [0.25, 0.3) is 5.56 Å². The maximum atomic E-state index is 13.1. The van der Waals surface area contributed by atoms with Crippen molar-refractivity contribution in [3.63, 3.8) is 0 Å². The number of nitrogens with two attached hydrogens (primary N) is 1. The lowest BCUT2D eigenvalue weighted by atomic mass is 10.4. The molecule has 188 valence electrons. The van der Waals surface area contributed by atoms with Crippen molar-refractivity contribution < 1.29 is 23.1 Å². The van der Waals surface area contributed by atoms with Crippen LogP contribution in [0.2, 0.25) is 0 Å². The number of hydrogen-bond acceptors (Lipinski definition) is 11. The van der Waals surface area contributed by atoms with Crippen molar-refractivity contribution in [2.75, 3.05) is 36.8 Å². The van der Waals surface area contributed by atoms with Crippen LogP contribution in [0.5, 0.6) is 0 Å². The van der Waals surface area contributed by atoms with Gasteiger partial charge in [0.1, 0.15) is 0 Å². The first-order valence-electron chi connectivity index (χ1n) is 9.92. The Labute approximate surface area is 204 Å². The number of nitrogens with zero attached hydrogens (tertiary/aromatic N) is 7. The van der Waals surface area contributed by atoms with E-state index < -0.39 is 12.1 Å². The van der Waals surface area contributed by atoms with Crippen LogP contribution in [0.3, 0.4) is 0 Å². The molecule has 0 aromatic carbocycles. The van der Waals surface area contributed by atoms with Crippen LogP contribution >= 0.6 is 23.1 Å². The number of carbonyl (C=O) groups is 1. The molecule has 1 fully saturated rings. The van der Waals surface area contributed by atoms with E-state index in [9.17, 15) is 18.0 Å². The maximum absolute atomic E-state index is 13.1. The van der Waals surface area contributed by atoms with Crippen LogP contribution in [-0.4, -0.2) is 72.7 Å². The monoisotopic (exact) mass is 531 g/mol. The molecule has 0 unspecified atom stereocenters. The molecular formula is C18H20F3N9O3S2. The van der Waals surface area contributed by atoms with E-state index in [1.54, 1.807) is 14.0 Å². The molecule has 0 bridgehead atoms. The number of carboxylic acids is 1. The Kier molecular flexibility index (Phi) is 8.19. The van der Waals surface area contributed by atoms with Gasteiger partial charge in [0.2, 0.25) is 11.1 Å². The third kappa shape index (κ3) is 6.21. The van der Waals surface area contributed by atoms with Crippen molar-refractivity contribution in [1.82, 2.24) is 34.6 Å². The molecule has 0 aliphatic carbocycles. The number of halogens is 3. The Morgan fingerprint density at radius 2 is 1.94 bits per heavy atom. The standard InChI is InChI=1S/C16H19N9OS2.C2HF3O2/c1-3-4-7-25-10-11(19-14(25)24-8-5-18-6-9-24)20-15(23(2)12(10)26)28-16-22-21-13(17)27-16;3-2(4,5)1(6)7/h18H,5-9H2,1-2H3,(H2,17,21);(H,6,7). The number of imidazole rings is 1. The lowest BCUT2D eigenvalue weighted by molar-refractivity contribution is -0.192. The SMILES string of the molecule is CC#CCn1c(N2CCNCC2)nc2nc(Sc3nnc(N)s3)n(C)c(=O)c21.O=C(O)C(F)(F)F. The predicted octanol–water partition coefficient (Wildman–Crippen LogP) is 0.781. The van der Waals surface area contributed by atoms with Gasteiger partial charge in [-0.25, -0.2) is 9.78 Å². The number of alkyl halides is 3. The fourth-order valence-corrected chi connectivity index (χ4v) is 4.55. The molecule has 0 amide bonds. The number of piperazine rings is 1. The normalized spacial score (nSPS) is 13.7. The summed E-state index contributed by atoms with van der Waals surface area (Å²) in [5, 5.41) is 19.1. The molecule has 1 aliphatic rings. The van der Waals surface area contributed by atoms with Crippen molar-refractivity contribution in [2.45, 2.75) is 29.1 Å². The van der Waals surface area contributed by atoms with Gasteiger partial charge in [-0.15, -0.1) is 16.1 Å². The predicted molar refractivity (Wildman–Crippen MR) is 123 cm³/mol. The van der Waals surface area contributed by atoms with E-state index in [1.165, 1.54) is 27.7 Å². The van der Waals surface area contributed by atoms with E-state index in [-0.39, 0.29) is 5.56 Å². The zero-order valence-corrected chi connectivity index (χ0v) is 20.1. The highest BCUT2D eigenvalue weighted by atomic mass is 32.2. The maximum Gasteiger partial charge on any atom is 0.490 e. The molecule has 4 rings (SSSR count). The zero-order chi connectivity index (χ0) is 25.8. The van der Waals surface area contributed by atoms with Crippen LogP contribution in [-0.2, 0) is 18.4 Å². The Hall–Kier alpha value is -3.36. The molecule has 4 heterocycles. The summed E-state index contributed by atoms with van der Waals surface area (Å²) in [5.41, 5.74) is 6.35. The summed E-state index contributed by atoms with van der Waals surface area (Å²) in [7, 11) is 1.69. The molecular weight excluding hydrogens is 511 g/mol. The molecule has 4 N–H and O–H groups in total. The number of anilines is 2. The second kappa shape index (κ2) is 10.9. The van der Waals surface area contributed by atoms with Gasteiger partial charge in [-0.3, -0.25) is 13.9 Å². The average molecular weight is 532 g/mol. The Morgan fingerprint density at radius 3 is 2.49 bits per heavy atom. The molecule has 12 nitrogen and oxygen atoms in total. The molecule has 1 saturated heterocycles. The van der Waals surface area contributed by atoms with Gasteiger partial charge < -0.3 is 21.1 Å². The number of nitrogen functional groups attached to an aromatic ring is 1. The van der Waals surface area contributed by atoms with E-state index in [1.807, 2.05) is 4.57 Å². The summed E-state index contributed by atoms with van der Waals surface area (Å²) >= 11 is 2.50. The minimum Gasteiger partial charge on any atom is -0.475 e. The summed E-state index contributed by atoms with van der Waals surface area (Å²) in [4.78, 5) is 33.5. The van der Waals surface area contributed by atoms with Crippen LogP contribution in [0.1, 0.15) is 6.92 Å². The van der Waals surface area contributed by atoms with Crippen molar-refractivity contribution in [1.29, 1.82) is 0 Å². The van der Waals surface area contributed by atoms with E-state index >= 15 is 0 Å². The highest BCUT2D eigenvalue weighted by Gasteiger charge is 2.38. The number of carboxylic acid groups (broad SMARTS) is 1. The first kappa shape index (κ1) is 26.2. The molecule has 3 aromatic rings. The second-order valence-electron chi connectivity index (χ2n) is 6.90. The van der Waals surface area contributed by atoms with Gasteiger partial charge in [0.05, 0.1) is 6.54 Å². The first-order valence-corrected chi connectivity index (χ1v) is 11.6. The van der Waals surface area contributed by atoms with Crippen LogP contribution in [0.4, 0.5) is 24.3 Å². The number of aromatic nitrogens is 6. The van der Waals surface area contributed by atoms with E-state index in [0.717, 1.165) is 32.1 Å². The quantitative estimate of drug-likeness (QED) is 0.323. The fourth-order valence-electron chi connectivity index (χ4n) is 2.97. The highest BCUT2D eigenvalue weighted by molar-refractivity contribution is 8.00. The van der Waals surface area contributed by atoms with Crippen LogP contribution in [0.15, 0.2) is 14.3 Å². The third-order valence-corrected chi connectivity index (χ3v) is 6.43. The lowest BCUT2D eigenvalue weighted by Crippen LogP contribution is -2.44. The number of nitrogens with one attached hydrogen (secondary N) is 1. The highest BCUT2D eigenvalue weighted by Crippen LogP contribution is 2.30. The Morgan fingerprint density at radius 1 is 1.29 bits per heavy atom. The topological polar surface area (TPSA) is 157 Å². The summed E-state index contributed by atoms with van der Waals surface area (Å²) in [5.74, 6) is 3.91. The number of fused-ring (bicyclic) bond motifs is 1. The van der Waals surface area contributed by atoms with Gasteiger partial charge in [-0.05, 0) is 18.7 Å². The molecule has 0 spiro atoms. The van der Waals surface area contributed by atoms with E-state index in [0.29, 0.717) is 32.3 Å². The molecule has 0 saturated carbocycles. The number of hydrogen-bond donors (Lipinski definition) is 3. The van der Waals surface area contributed by atoms with Gasteiger partial charge in [0.15, 0.2) is 20.7 Å². The number of aliphatic carboxylic acids is 1. The molecule has 0 atom stereocenters. The summed E-state index contributed by atoms with van der Waals surface area (Å²) in [6, 6.07) is 0. The minimum atomic E-state index is -5.08. The summed E-state index contributed by atoms with van der Waals surface area (Å²) < 4.78 is 35.7. The van der Waals surface area contributed by atoms with Crippen LogP contribution in [0.25, 0.3) is 11.2 Å². The minimum absolute atomic E-state index is 0.170. The molecule has 1 aliphatic heterocycles. The number of rotatable bonds is 4. The van der Waals surface area contributed by atoms with Crippen LogP contribution < -0.4 is 21.5 Å². The average Bonchev–Trinajstić information content (AvgIpc) is 3.39. The van der Waals surface area contributed by atoms with Crippen molar-refractivity contribution in [3.8, 4) is 11.8 Å². The van der Waals surface area contributed by atoms with Crippen molar-refractivity contribution >= 4 is 51.3 Å². The second-order valence-corrected chi connectivity index (χ2v) is 9.13. The van der Waals surface area contributed by atoms with Crippen molar-refractivity contribution in [2.24, 2.45) is 7.05 Å².